The van der Waals surface area contributed by atoms with Gasteiger partial charge < -0.3 is 4.74 Å². The Kier molecular flexibility index (Phi) is 8.36. The summed E-state index contributed by atoms with van der Waals surface area (Å²) in [6.07, 6.45) is 10.0. The molecule has 1 heteroatoms. The average molecular weight is 261 g/mol. The molecule has 0 fully saturated rings. The second-order valence-corrected chi connectivity index (χ2v) is 5.20. The molecule has 0 N–H and O–H groups in total. The molecule has 0 aliphatic carbocycles. The molecule has 19 heavy (non-hydrogen) atoms. The van der Waals surface area contributed by atoms with Crippen molar-refractivity contribution in [3.8, 4) is 5.75 Å². The highest BCUT2D eigenvalue weighted by Gasteiger charge is 2.05. The minimum absolute atomic E-state index is 0.510. The highest BCUT2D eigenvalue weighted by molar-refractivity contribution is 5.37. The maximum absolute atomic E-state index is 5.64. The molecule has 0 saturated heterocycles. The molecule has 0 spiro atoms. The van der Waals surface area contributed by atoms with Gasteiger partial charge in [-0.05, 0) is 49.8 Å². The number of ether oxygens (including phenoxy) is 1. The Morgan fingerprint density at radius 2 is 1.63 bits per heavy atom. The summed E-state index contributed by atoms with van der Waals surface area (Å²) in [4.78, 5) is 0. The first-order valence-electron chi connectivity index (χ1n) is 7.85. The van der Waals surface area contributed by atoms with Crippen LogP contribution in [0.3, 0.4) is 0 Å². The van der Waals surface area contributed by atoms with E-state index in [2.05, 4.69) is 39.0 Å². The lowest BCUT2D eigenvalue weighted by atomic mass is 10.0. The van der Waals surface area contributed by atoms with Crippen LogP contribution in [0.2, 0.25) is 0 Å². The maximum atomic E-state index is 5.64. The first-order valence-corrected chi connectivity index (χ1v) is 7.85. The number of benzene rings is 1. The van der Waals surface area contributed by atoms with Gasteiger partial charge in [-0.25, -0.2) is 0 Å². The summed E-state index contributed by atoms with van der Waals surface area (Å²) in [6.45, 7) is 8.79. The van der Waals surface area contributed by atoms with Gasteiger partial charge in [-0.3, -0.25) is 0 Å². The zero-order chi connectivity index (χ0) is 13.9. The van der Waals surface area contributed by atoms with Crippen LogP contribution in [0.1, 0.15) is 63.5 Å². The van der Waals surface area contributed by atoms with Crippen molar-refractivity contribution in [1.82, 2.24) is 0 Å². The molecule has 107 valence electrons. The molecule has 0 unspecified atom stereocenters. The van der Waals surface area contributed by atoms with E-state index in [0.717, 1.165) is 12.2 Å². The van der Waals surface area contributed by atoms with E-state index < -0.39 is 0 Å². The van der Waals surface area contributed by atoms with Crippen molar-refractivity contribution in [2.75, 3.05) is 6.61 Å². The largest absolute Gasteiger partial charge is 0.493 e. The molecule has 0 bridgehead atoms. The van der Waals surface area contributed by atoms with Gasteiger partial charge in [0, 0.05) is 0 Å². The molecule has 0 aromatic heterocycles. The van der Waals surface area contributed by atoms with Crippen LogP contribution in [-0.4, -0.2) is 6.61 Å². The summed E-state index contributed by atoms with van der Waals surface area (Å²) in [6, 6.07) is 6.69. The van der Waals surface area contributed by atoms with Gasteiger partial charge in [0.25, 0.3) is 0 Å². The predicted octanol–water partition coefficient (Wildman–Crippen LogP) is 5.36. The van der Waals surface area contributed by atoms with Gasteiger partial charge in [-0.15, -0.1) is 0 Å². The first-order chi connectivity index (χ1) is 9.31. The minimum Gasteiger partial charge on any atom is -0.493 e. The van der Waals surface area contributed by atoms with Gasteiger partial charge in [0.15, 0.2) is 0 Å². The second kappa shape index (κ2) is 9.89. The van der Waals surface area contributed by atoms with Crippen molar-refractivity contribution in [1.29, 1.82) is 0 Å². The van der Waals surface area contributed by atoms with Crippen LogP contribution in [0.4, 0.5) is 0 Å². The molecule has 0 atom stereocenters. The van der Waals surface area contributed by atoms with E-state index in [9.17, 15) is 0 Å². The third kappa shape index (κ3) is 6.13. The molecule has 1 aromatic rings. The van der Waals surface area contributed by atoms with E-state index in [1.807, 2.05) is 0 Å². The molecule has 1 aromatic carbocycles. The smallest absolute Gasteiger partial charge is 0.122 e. The van der Waals surface area contributed by atoms with Gasteiger partial charge >= 0.3 is 0 Å². The minimum atomic E-state index is 0.510. The zero-order valence-electron chi connectivity index (χ0n) is 12.7. The van der Waals surface area contributed by atoms with Crippen LogP contribution in [0.25, 0.3) is 0 Å². The molecule has 0 aliphatic heterocycles. The number of hydrogen-bond donors (Lipinski definition) is 0. The van der Waals surface area contributed by atoms with Crippen molar-refractivity contribution in [3.63, 3.8) is 0 Å². The molecule has 0 heterocycles. The van der Waals surface area contributed by atoms with Crippen molar-refractivity contribution < 1.29 is 4.74 Å². The third-order valence-electron chi connectivity index (χ3n) is 3.50. The zero-order valence-corrected chi connectivity index (χ0v) is 12.7. The molecule has 0 amide bonds. The highest BCUT2D eigenvalue weighted by Crippen LogP contribution is 2.23. The SMILES string of the molecule is [CH2]COc1ccc(CCCCC)cc1CCCCC. The molecular formula is C18H29O. The monoisotopic (exact) mass is 261 g/mol. The topological polar surface area (TPSA) is 9.23 Å². The lowest BCUT2D eigenvalue weighted by Gasteiger charge is -2.12. The van der Waals surface area contributed by atoms with Crippen molar-refractivity contribution in [2.45, 2.75) is 65.2 Å². The molecule has 0 aliphatic rings. The maximum Gasteiger partial charge on any atom is 0.122 e. The van der Waals surface area contributed by atoms with E-state index in [4.69, 9.17) is 4.74 Å². The van der Waals surface area contributed by atoms with Crippen molar-refractivity contribution in [2.24, 2.45) is 0 Å². The average Bonchev–Trinajstić information content (AvgIpc) is 2.42. The number of rotatable bonds is 10. The van der Waals surface area contributed by atoms with Gasteiger partial charge in [0.05, 0.1) is 6.61 Å². The number of hydrogen-bond acceptors (Lipinski definition) is 1. The van der Waals surface area contributed by atoms with Gasteiger partial charge in [-0.1, -0.05) is 51.7 Å². The summed E-state index contributed by atoms with van der Waals surface area (Å²) in [7, 11) is 0. The Morgan fingerprint density at radius 3 is 2.26 bits per heavy atom. The second-order valence-electron chi connectivity index (χ2n) is 5.20. The Labute approximate surface area is 119 Å². The number of aryl methyl sites for hydroxylation is 2. The Bertz CT molecular complexity index is 344. The van der Waals surface area contributed by atoms with Crippen molar-refractivity contribution in [3.05, 3.63) is 36.2 Å². The van der Waals surface area contributed by atoms with Crippen molar-refractivity contribution >= 4 is 0 Å². The van der Waals surface area contributed by atoms with Gasteiger partial charge in [0.2, 0.25) is 0 Å². The van der Waals surface area contributed by atoms with Crippen LogP contribution < -0.4 is 4.74 Å². The van der Waals surface area contributed by atoms with E-state index >= 15 is 0 Å². The molecule has 1 nitrogen and oxygen atoms in total. The van der Waals surface area contributed by atoms with E-state index in [0.29, 0.717) is 6.61 Å². The van der Waals surface area contributed by atoms with Crippen LogP contribution in [0.5, 0.6) is 5.75 Å². The lowest BCUT2D eigenvalue weighted by molar-refractivity contribution is 0.356. The fourth-order valence-electron chi connectivity index (χ4n) is 2.38. The molecular weight excluding hydrogens is 232 g/mol. The predicted molar refractivity (Wildman–Crippen MR) is 83.8 cm³/mol. The lowest BCUT2D eigenvalue weighted by Crippen LogP contribution is -1.99. The van der Waals surface area contributed by atoms with Gasteiger partial charge in [0.1, 0.15) is 5.75 Å². The van der Waals surface area contributed by atoms with E-state index in [1.165, 1.54) is 56.1 Å². The summed E-state index contributed by atoms with van der Waals surface area (Å²) in [5, 5.41) is 0. The Hall–Kier alpha value is -0.980. The first kappa shape index (κ1) is 16.1. The summed E-state index contributed by atoms with van der Waals surface area (Å²) < 4.78 is 5.64. The molecule has 1 rings (SSSR count). The van der Waals surface area contributed by atoms with Crippen LogP contribution in [-0.2, 0) is 12.8 Å². The number of unbranched alkanes of at least 4 members (excludes halogenated alkanes) is 4. The summed E-state index contributed by atoms with van der Waals surface area (Å²) >= 11 is 0. The van der Waals surface area contributed by atoms with Crippen LogP contribution in [0.15, 0.2) is 18.2 Å². The quantitative estimate of drug-likeness (QED) is 0.515. The van der Waals surface area contributed by atoms with Gasteiger partial charge in [-0.2, -0.15) is 0 Å². The van der Waals surface area contributed by atoms with E-state index in [1.54, 1.807) is 0 Å². The fourth-order valence-corrected chi connectivity index (χ4v) is 2.38. The highest BCUT2D eigenvalue weighted by atomic mass is 16.5. The standard InChI is InChI=1S/C18H29O/c1-4-7-9-11-16-13-14-18(19-6-3)17(15-16)12-10-8-5-2/h13-15H,3-12H2,1-2H3. The summed E-state index contributed by atoms with van der Waals surface area (Å²) in [5.74, 6) is 1.03. The van der Waals surface area contributed by atoms with Crippen LogP contribution in [0, 0.1) is 6.92 Å². The Morgan fingerprint density at radius 1 is 0.947 bits per heavy atom. The third-order valence-corrected chi connectivity index (χ3v) is 3.50. The normalized spacial score (nSPS) is 10.7. The van der Waals surface area contributed by atoms with Crippen LogP contribution >= 0.6 is 0 Å². The molecule has 0 saturated carbocycles. The summed E-state index contributed by atoms with van der Waals surface area (Å²) in [5.41, 5.74) is 2.82. The molecule has 1 radical (unpaired) electrons. The Balaban J connectivity index is 2.66. The van der Waals surface area contributed by atoms with E-state index in [-0.39, 0.29) is 0 Å². The fraction of sp³-hybridized carbons (Fsp3) is 0.611.